The van der Waals surface area contributed by atoms with E-state index in [4.69, 9.17) is 0 Å². The Labute approximate surface area is 167 Å². The second-order valence-electron chi connectivity index (χ2n) is 7.50. The summed E-state index contributed by atoms with van der Waals surface area (Å²) in [6.45, 7) is 1.39. The summed E-state index contributed by atoms with van der Waals surface area (Å²) in [6.07, 6.45) is 1.64. The fraction of sp³-hybridized carbons (Fsp3) is 0.240. The second kappa shape index (κ2) is 8.85. The van der Waals surface area contributed by atoms with Gasteiger partial charge in [0, 0.05) is 19.1 Å². The van der Waals surface area contributed by atoms with Gasteiger partial charge >= 0.3 is 0 Å². The van der Waals surface area contributed by atoms with Crippen molar-refractivity contribution in [3.8, 4) is 0 Å². The van der Waals surface area contributed by atoms with Gasteiger partial charge in [0.2, 0.25) is 5.91 Å². The number of hydrogen-bond acceptors (Lipinski definition) is 2. The van der Waals surface area contributed by atoms with Crippen LogP contribution in [-0.2, 0) is 24.2 Å². The minimum Gasteiger partial charge on any atom is -0.335 e. The standard InChI is InChI=1S/C25H26N2O/c28-25-24(17-21-12-6-2-7-13-21)26-23(16-20-10-4-1-5-11-20)19-27(25)18-22-14-8-3-9-15-22/h1-15,23-24,26H,16-19H2/t23-,24-/m0/s1. The van der Waals surface area contributed by atoms with E-state index in [9.17, 15) is 4.79 Å². The van der Waals surface area contributed by atoms with Crippen molar-refractivity contribution in [1.29, 1.82) is 0 Å². The minimum atomic E-state index is -0.187. The molecule has 3 heteroatoms. The lowest BCUT2D eigenvalue weighted by atomic mass is 9.97. The van der Waals surface area contributed by atoms with Crippen LogP contribution in [0.15, 0.2) is 91.0 Å². The van der Waals surface area contributed by atoms with Crippen LogP contribution >= 0.6 is 0 Å². The van der Waals surface area contributed by atoms with Crippen molar-refractivity contribution < 1.29 is 4.79 Å². The van der Waals surface area contributed by atoms with E-state index in [2.05, 4.69) is 53.8 Å². The molecule has 0 saturated carbocycles. The SMILES string of the molecule is O=C1[C@H](Cc2ccccc2)N[C@@H](Cc2ccccc2)CN1Cc1ccccc1. The van der Waals surface area contributed by atoms with Crippen molar-refractivity contribution in [3.63, 3.8) is 0 Å². The van der Waals surface area contributed by atoms with Crippen molar-refractivity contribution in [2.75, 3.05) is 6.54 Å². The van der Waals surface area contributed by atoms with Gasteiger partial charge in [-0.25, -0.2) is 0 Å². The first-order valence-corrected chi connectivity index (χ1v) is 9.94. The maximum Gasteiger partial charge on any atom is 0.240 e. The highest BCUT2D eigenvalue weighted by atomic mass is 16.2. The Bertz CT molecular complexity index is 827. The van der Waals surface area contributed by atoms with Crippen LogP contribution in [-0.4, -0.2) is 29.4 Å². The van der Waals surface area contributed by atoms with Crippen molar-refractivity contribution >= 4 is 5.91 Å². The van der Waals surface area contributed by atoms with Crippen LogP contribution < -0.4 is 5.32 Å². The third kappa shape index (κ3) is 4.68. The Balaban J connectivity index is 1.53. The number of amides is 1. The highest BCUT2D eigenvalue weighted by Gasteiger charge is 2.33. The summed E-state index contributed by atoms with van der Waals surface area (Å²) in [5.74, 6) is 0.192. The van der Waals surface area contributed by atoms with Crippen LogP contribution in [0, 0.1) is 0 Å². The molecule has 142 valence electrons. The lowest BCUT2D eigenvalue weighted by molar-refractivity contribution is -0.137. The van der Waals surface area contributed by atoms with E-state index in [-0.39, 0.29) is 18.0 Å². The molecule has 1 N–H and O–H groups in total. The van der Waals surface area contributed by atoms with E-state index in [1.54, 1.807) is 0 Å². The molecule has 3 aromatic rings. The first-order chi connectivity index (χ1) is 13.8. The summed E-state index contributed by atoms with van der Waals surface area (Å²) in [4.78, 5) is 15.2. The molecular weight excluding hydrogens is 344 g/mol. The zero-order valence-electron chi connectivity index (χ0n) is 16.0. The first-order valence-electron chi connectivity index (χ1n) is 9.94. The van der Waals surface area contributed by atoms with Gasteiger partial charge in [0.25, 0.3) is 0 Å². The molecule has 1 amide bonds. The first kappa shape index (κ1) is 18.5. The fourth-order valence-electron chi connectivity index (χ4n) is 3.95. The zero-order valence-corrected chi connectivity index (χ0v) is 16.0. The number of rotatable bonds is 6. The Morgan fingerprint density at radius 3 is 1.79 bits per heavy atom. The summed E-state index contributed by atoms with van der Waals surface area (Å²) < 4.78 is 0. The highest BCUT2D eigenvalue weighted by Crippen LogP contribution is 2.17. The average molecular weight is 370 g/mol. The average Bonchev–Trinajstić information content (AvgIpc) is 2.74. The summed E-state index contributed by atoms with van der Waals surface area (Å²) in [6, 6.07) is 31.1. The van der Waals surface area contributed by atoms with E-state index < -0.39 is 0 Å². The lowest BCUT2D eigenvalue weighted by Crippen LogP contribution is -2.60. The number of carbonyl (C=O) groups is 1. The molecule has 0 radical (unpaired) electrons. The lowest BCUT2D eigenvalue weighted by Gasteiger charge is -2.39. The van der Waals surface area contributed by atoms with Crippen LogP contribution in [0.3, 0.4) is 0 Å². The van der Waals surface area contributed by atoms with Crippen LogP contribution in [0.1, 0.15) is 16.7 Å². The zero-order chi connectivity index (χ0) is 19.2. The monoisotopic (exact) mass is 370 g/mol. The number of nitrogens with one attached hydrogen (secondary N) is 1. The number of piperazine rings is 1. The van der Waals surface area contributed by atoms with Gasteiger partial charge in [0.15, 0.2) is 0 Å². The smallest absolute Gasteiger partial charge is 0.240 e. The fourth-order valence-corrected chi connectivity index (χ4v) is 3.95. The minimum absolute atomic E-state index is 0.187. The van der Waals surface area contributed by atoms with E-state index >= 15 is 0 Å². The Morgan fingerprint density at radius 2 is 1.21 bits per heavy atom. The topological polar surface area (TPSA) is 32.3 Å². The highest BCUT2D eigenvalue weighted by molar-refractivity contribution is 5.83. The van der Waals surface area contributed by atoms with Gasteiger partial charge in [-0.05, 0) is 29.5 Å². The van der Waals surface area contributed by atoms with Crippen molar-refractivity contribution in [2.24, 2.45) is 0 Å². The number of benzene rings is 3. The third-order valence-corrected chi connectivity index (χ3v) is 5.31. The van der Waals surface area contributed by atoms with E-state index in [0.29, 0.717) is 6.54 Å². The molecule has 3 aromatic carbocycles. The van der Waals surface area contributed by atoms with E-state index in [1.165, 1.54) is 16.7 Å². The van der Waals surface area contributed by atoms with Gasteiger partial charge in [-0.1, -0.05) is 91.0 Å². The molecular formula is C25H26N2O. The molecule has 0 aromatic heterocycles. The molecule has 0 bridgehead atoms. The molecule has 1 saturated heterocycles. The summed E-state index contributed by atoms with van der Waals surface area (Å²) in [5.41, 5.74) is 3.66. The summed E-state index contributed by atoms with van der Waals surface area (Å²) in [5, 5.41) is 3.62. The molecule has 1 aliphatic heterocycles. The van der Waals surface area contributed by atoms with Crippen molar-refractivity contribution in [1.82, 2.24) is 10.2 Å². The van der Waals surface area contributed by atoms with Gasteiger partial charge in [-0.15, -0.1) is 0 Å². The summed E-state index contributed by atoms with van der Waals surface area (Å²) >= 11 is 0. The van der Waals surface area contributed by atoms with Crippen LogP contribution in [0.5, 0.6) is 0 Å². The van der Waals surface area contributed by atoms with Crippen LogP contribution in [0.4, 0.5) is 0 Å². The molecule has 0 unspecified atom stereocenters. The van der Waals surface area contributed by atoms with E-state index in [0.717, 1.165) is 19.4 Å². The molecule has 0 aliphatic carbocycles. The molecule has 28 heavy (non-hydrogen) atoms. The second-order valence-corrected chi connectivity index (χ2v) is 7.50. The van der Waals surface area contributed by atoms with Gasteiger partial charge in [-0.2, -0.15) is 0 Å². The van der Waals surface area contributed by atoms with Crippen LogP contribution in [0.2, 0.25) is 0 Å². The predicted octanol–water partition coefficient (Wildman–Crippen LogP) is 3.84. The predicted molar refractivity (Wildman–Crippen MR) is 113 cm³/mol. The van der Waals surface area contributed by atoms with Crippen molar-refractivity contribution in [2.45, 2.75) is 31.5 Å². The van der Waals surface area contributed by atoms with Gasteiger partial charge in [0.1, 0.15) is 0 Å². The number of hydrogen-bond donors (Lipinski definition) is 1. The Morgan fingerprint density at radius 1 is 0.714 bits per heavy atom. The van der Waals surface area contributed by atoms with Gasteiger partial charge in [0.05, 0.1) is 6.04 Å². The molecule has 2 atom stereocenters. The van der Waals surface area contributed by atoms with Gasteiger partial charge in [-0.3, -0.25) is 4.79 Å². The van der Waals surface area contributed by atoms with Crippen molar-refractivity contribution in [3.05, 3.63) is 108 Å². The Hall–Kier alpha value is -2.91. The number of nitrogens with zero attached hydrogens (tertiary/aromatic N) is 1. The molecule has 4 rings (SSSR count). The maximum absolute atomic E-state index is 13.2. The molecule has 1 heterocycles. The Kier molecular flexibility index (Phi) is 5.83. The molecule has 1 fully saturated rings. The van der Waals surface area contributed by atoms with E-state index in [1.807, 2.05) is 47.4 Å². The molecule has 3 nitrogen and oxygen atoms in total. The molecule has 0 spiro atoms. The number of carbonyl (C=O) groups excluding carboxylic acids is 1. The maximum atomic E-state index is 13.2. The third-order valence-electron chi connectivity index (χ3n) is 5.31. The van der Waals surface area contributed by atoms with Gasteiger partial charge < -0.3 is 10.2 Å². The largest absolute Gasteiger partial charge is 0.335 e. The normalized spacial score (nSPS) is 19.6. The molecule has 1 aliphatic rings. The van der Waals surface area contributed by atoms with Crippen LogP contribution in [0.25, 0.3) is 0 Å². The quantitative estimate of drug-likeness (QED) is 0.715. The summed E-state index contributed by atoms with van der Waals surface area (Å²) in [7, 11) is 0.